The Morgan fingerprint density at radius 1 is 1.16 bits per heavy atom. The Bertz CT molecular complexity index is 707. The molecule has 4 aliphatic carbocycles. The lowest BCUT2D eigenvalue weighted by molar-refractivity contribution is -0.152. The van der Waals surface area contributed by atoms with E-state index in [1.807, 2.05) is 13.1 Å². The Morgan fingerprint density at radius 2 is 1.96 bits per heavy atom. The van der Waals surface area contributed by atoms with Gasteiger partial charge in [0.05, 0.1) is 11.9 Å². The number of ether oxygens (including phenoxy) is 1. The van der Waals surface area contributed by atoms with Gasteiger partial charge in [-0.1, -0.05) is 12.5 Å². The lowest BCUT2D eigenvalue weighted by Crippen LogP contribution is -2.43. The first-order valence-corrected chi connectivity index (χ1v) is 10.2. The van der Waals surface area contributed by atoms with Gasteiger partial charge in [-0.3, -0.25) is 9.89 Å². The van der Waals surface area contributed by atoms with Gasteiger partial charge in [0, 0.05) is 6.42 Å². The van der Waals surface area contributed by atoms with E-state index in [4.69, 9.17) is 4.74 Å². The van der Waals surface area contributed by atoms with Crippen molar-refractivity contribution in [2.24, 2.45) is 29.6 Å². The minimum absolute atomic E-state index is 0.0126. The molecule has 0 aromatic carbocycles. The van der Waals surface area contributed by atoms with Gasteiger partial charge in [0.2, 0.25) is 0 Å². The van der Waals surface area contributed by atoms with Crippen LogP contribution in [0.2, 0.25) is 0 Å². The zero-order chi connectivity index (χ0) is 17.0. The number of allylic oxidation sites excluding steroid dienone is 1. The highest BCUT2D eigenvalue weighted by atomic mass is 16.5. The smallest absolute Gasteiger partial charge is 0.305 e. The van der Waals surface area contributed by atoms with Crippen molar-refractivity contribution in [1.29, 1.82) is 0 Å². The summed E-state index contributed by atoms with van der Waals surface area (Å²) in [6.07, 6.45) is 13.7. The summed E-state index contributed by atoms with van der Waals surface area (Å²) in [6.45, 7) is 1.90. The maximum atomic E-state index is 11.8. The summed E-state index contributed by atoms with van der Waals surface area (Å²) in [5.41, 5.74) is 4.30. The van der Waals surface area contributed by atoms with E-state index in [1.54, 1.807) is 5.57 Å². The number of H-pyrrole nitrogens is 1. The molecule has 1 N–H and O–H groups in total. The van der Waals surface area contributed by atoms with Crippen LogP contribution in [0.3, 0.4) is 0 Å². The number of nitrogens with one attached hydrogen (secondary N) is 1. The van der Waals surface area contributed by atoms with E-state index < -0.39 is 0 Å². The number of rotatable bonds is 2. The van der Waals surface area contributed by atoms with Crippen LogP contribution in [-0.4, -0.2) is 22.3 Å². The normalized spacial score (nSPS) is 38.8. The van der Waals surface area contributed by atoms with Crippen LogP contribution >= 0.6 is 0 Å². The third-order valence-corrected chi connectivity index (χ3v) is 7.60. The number of carbonyl (C=O) groups excluding carboxylic acids is 1. The van der Waals surface area contributed by atoms with Gasteiger partial charge in [0.15, 0.2) is 0 Å². The second kappa shape index (κ2) is 6.00. The SMILES string of the molecule is CCC(=O)OC1CCC2C1CCC1C3Cc4cn[nH]c4C=C3CCC12. The molecule has 4 nitrogen and oxygen atoms in total. The van der Waals surface area contributed by atoms with Crippen LogP contribution in [0, 0.1) is 29.6 Å². The molecule has 6 atom stereocenters. The summed E-state index contributed by atoms with van der Waals surface area (Å²) < 4.78 is 5.79. The topological polar surface area (TPSA) is 55.0 Å². The van der Waals surface area contributed by atoms with E-state index >= 15 is 0 Å². The molecule has 0 radical (unpaired) electrons. The number of esters is 1. The molecule has 0 amide bonds. The van der Waals surface area contributed by atoms with Gasteiger partial charge in [-0.15, -0.1) is 0 Å². The summed E-state index contributed by atoms with van der Waals surface area (Å²) in [6, 6.07) is 0. The number of hydrogen-bond donors (Lipinski definition) is 1. The number of hydrogen-bond acceptors (Lipinski definition) is 3. The molecular formula is C21H28N2O2. The molecule has 4 heteroatoms. The Kier molecular flexibility index (Phi) is 3.76. The lowest BCUT2D eigenvalue weighted by atomic mass is 9.56. The third kappa shape index (κ3) is 2.48. The first-order valence-electron chi connectivity index (χ1n) is 10.2. The molecule has 3 fully saturated rings. The van der Waals surface area contributed by atoms with E-state index in [1.165, 1.54) is 49.8 Å². The molecule has 0 saturated heterocycles. The van der Waals surface area contributed by atoms with E-state index in [2.05, 4.69) is 16.3 Å². The maximum Gasteiger partial charge on any atom is 0.305 e. The second-order valence-corrected chi connectivity index (χ2v) is 8.57. The number of fused-ring (bicyclic) bond motifs is 6. The molecule has 1 heterocycles. The lowest BCUT2D eigenvalue weighted by Gasteiger charge is -2.49. The van der Waals surface area contributed by atoms with E-state index in [0.717, 1.165) is 30.1 Å². The molecule has 6 unspecified atom stereocenters. The summed E-state index contributed by atoms with van der Waals surface area (Å²) >= 11 is 0. The predicted octanol–water partition coefficient (Wildman–Crippen LogP) is 4.13. The highest BCUT2D eigenvalue weighted by molar-refractivity contribution is 5.69. The van der Waals surface area contributed by atoms with Crippen LogP contribution in [-0.2, 0) is 16.0 Å². The zero-order valence-electron chi connectivity index (χ0n) is 15.0. The van der Waals surface area contributed by atoms with Crippen LogP contribution in [0.25, 0.3) is 6.08 Å². The molecule has 25 heavy (non-hydrogen) atoms. The first-order chi connectivity index (χ1) is 12.2. The van der Waals surface area contributed by atoms with Crippen LogP contribution in [0.15, 0.2) is 11.8 Å². The quantitative estimate of drug-likeness (QED) is 0.824. The van der Waals surface area contributed by atoms with Crippen molar-refractivity contribution in [3.63, 3.8) is 0 Å². The summed E-state index contributed by atoms with van der Waals surface area (Å²) in [4.78, 5) is 11.8. The largest absolute Gasteiger partial charge is 0.462 e. The van der Waals surface area contributed by atoms with Gasteiger partial charge in [-0.2, -0.15) is 5.10 Å². The van der Waals surface area contributed by atoms with E-state index in [0.29, 0.717) is 12.3 Å². The molecule has 1 aromatic rings. The van der Waals surface area contributed by atoms with Crippen LogP contribution in [0.5, 0.6) is 0 Å². The van der Waals surface area contributed by atoms with Gasteiger partial charge in [-0.25, -0.2) is 0 Å². The van der Waals surface area contributed by atoms with Gasteiger partial charge in [0.25, 0.3) is 0 Å². The molecular weight excluding hydrogens is 312 g/mol. The van der Waals surface area contributed by atoms with Crippen molar-refractivity contribution in [3.8, 4) is 0 Å². The average molecular weight is 340 g/mol. The minimum Gasteiger partial charge on any atom is -0.462 e. The second-order valence-electron chi connectivity index (χ2n) is 8.57. The maximum absolute atomic E-state index is 11.8. The van der Waals surface area contributed by atoms with E-state index in [9.17, 15) is 4.79 Å². The molecule has 5 rings (SSSR count). The Hall–Kier alpha value is -1.58. The number of carbonyl (C=O) groups is 1. The van der Waals surface area contributed by atoms with Crippen LogP contribution in [0.1, 0.15) is 63.1 Å². The molecule has 134 valence electrons. The molecule has 0 bridgehead atoms. The Morgan fingerprint density at radius 3 is 2.84 bits per heavy atom. The van der Waals surface area contributed by atoms with Crippen molar-refractivity contribution in [2.45, 2.75) is 64.4 Å². The number of aromatic nitrogens is 2. The fourth-order valence-electron chi connectivity index (χ4n) is 6.52. The fourth-order valence-corrected chi connectivity index (χ4v) is 6.52. The summed E-state index contributed by atoms with van der Waals surface area (Å²) in [5.74, 6) is 3.77. The predicted molar refractivity (Wildman–Crippen MR) is 95.6 cm³/mol. The Labute approximate surface area is 149 Å². The standard InChI is InChI=1S/C21H28N2O2/c1-2-21(24)25-20-8-7-15-14-4-3-12-10-19-13(11-22-23-19)9-18(12)16(14)5-6-17(15)20/h10-11,14-18,20H,2-9H2,1H3,(H,22,23). The van der Waals surface area contributed by atoms with Gasteiger partial charge in [0.1, 0.15) is 6.10 Å². The van der Waals surface area contributed by atoms with Crippen LogP contribution < -0.4 is 0 Å². The van der Waals surface area contributed by atoms with Gasteiger partial charge < -0.3 is 4.74 Å². The summed E-state index contributed by atoms with van der Waals surface area (Å²) in [5, 5.41) is 7.40. The molecule has 0 spiro atoms. The fraction of sp³-hybridized carbons (Fsp3) is 0.714. The van der Waals surface area contributed by atoms with Gasteiger partial charge in [-0.05, 0) is 86.2 Å². The average Bonchev–Trinajstić information content (AvgIpc) is 3.26. The van der Waals surface area contributed by atoms with E-state index in [-0.39, 0.29) is 12.1 Å². The third-order valence-electron chi connectivity index (χ3n) is 7.60. The van der Waals surface area contributed by atoms with Crippen molar-refractivity contribution < 1.29 is 9.53 Å². The Balaban J connectivity index is 1.35. The zero-order valence-corrected chi connectivity index (χ0v) is 15.0. The first kappa shape index (κ1) is 15.7. The highest BCUT2D eigenvalue weighted by Crippen LogP contribution is 2.57. The monoisotopic (exact) mass is 340 g/mol. The molecule has 4 aliphatic rings. The van der Waals surface area contributed by atoms with Crippen molar-refractivity contribution >= 4 is 12.0 Å². The highest BCUT2D eigenvalue weighted by Gasteiger charge is 2.51. The summed E-state index contributed by atoms with van der Waals surface area (Å²) in [7, 11) is 0. The van der Waals surface area contributed by atoms with Crippen molar-refractivity contribution in [1.82, 2.24) is 10.2 Å². The number of nitrogens with zero attached hydrogens (tertiary/aromatic N) is 1. The molecule has 1 aromatic heterocycles. The van der Waals surface area contributed by atoms with Gasteiger partial charge >= 0.3 is 5.97 Å². The molecule has 3 saturated carbocycles. The molecule has 0 aliphatic heterocycles. The van der Waals surface area contributed by atoms with Crippen molar-refractivity contribution in [2.75, 3.05) is 0 Å². The van der Waals surface area contributed by atoms with Crippen LogP contribution in [0.4, 0.5) is 0 Å². The number of aromatic amines is 1. The minimum atomic E-state index is -0.0126. The van der Waals surface area contributed by atoms with Crippen molar-refractivity contribution in [3.05, 3.63) is 23.0 Å².